The van der Waals surface area contributed by atoms with E-state index in [2.05, 4.69) is 10.3 Å². The average Bonchev–Trinajstić information content (AvgIpc) is 2.86. The van der Waals surface area contributed by atoms with Crippen molar-refractivity contribution in [3.05, 3.63) is 51.7 Å². The molecule has 1 amide bonds. The highest BCUT2D eigenvalue weighted by molar-refractivity contribution is 7.11. The number of amides is 1. The summed E-state index contributed by atoms with van der Waals surface area (Å²) in [5, 5.41) is 2.25. The minimum Gasteiger partial charge on any atom is -0.347 e. The summed E-state index contributed by atoms with van der Waals surface area (Å²) in [4.78, 5) is 14.3. The third-order valence-corrected chi connectivity index (χ3v) is 3.26. The summed E-state index contributed by atoms with van der Waals surface area (Å²) < 4.78 is 51.0. The second-order valence-electron chi connectivity index (χ2n) is 3.80. The number of rotatable bonds is 3. The first kappa shape index (κ1) is 14.4. The van der Waals surface area contributed by atoms with Gasteiger partial charge in [-0.05, 0) is 6.07 Å². The molecule has 106 valence electrons. The van der Waals surface area contributed by atoms with E-state index in [-0.39, 0.29) is 12.1 Å². The van der Waals surface area contributed by atoms with Crippen molar-refractivity contribution in [1.29, 1.82) is 0 Å². The molecule has 0 radical (unpaired) electrons. The summed E-state index contributed by atoms with van der Waals surface area (Å²) in [5.74, 6) is -1.46. The first-order chi connectivity index (χ1) is 9.39. The molecule has 0 unspecified atom stereocenters. The molecule has 0 aliphatic carbocycles. The second kappa shape index (κ2) is 5.58. The molecule has 0 atom stereocenters. The van der Waals surface area contributed by atoms with Crippen molar-refractivity contribution in [2.45, 2.75) is 12.7 Å². The number of hydrogen-bond acceptors (Lipinski definition) is 3. The van der Waals surface area contributed by atoms with E-state index in [1.54, 1.807) is 6.07 Å². The molecule has 0 bridgehead atoms. The maximum absolute atomic E-state index is 13.3. The van der Waals surface area contributed by atoms with E-state index >= 15 is 0 Å². The van der Waals surface area contributed by atoms with Crippen LogP contribution < -0.4 is 5.32 Å². The van der Waals surface area contributed by atoms with Crippen LogP contribution in [0.3, 0.4) is 0 Å². The maximum atomic E-state index is 13.3. The molecule has 1 N–H and O–H groups in total. The second-order valence-corrected chi connectivity index (χ2v) is 4.66. The van der Waals surface area contributed by atoms with Crippen molar-refractivity contribution < 1.29 is 22.4 Å². The third kappa shape index (κ3) is 3.13. The molecule has 0 spiro atoms. The molecule has 2 rings (SSSR count). The largest absolute Gasteiger partial charge is 0.434 e. The number of carbonyl (C=O) groups excluding carboxylic acids is 1. The summed E-state index contributed by atoms with van der Waals surface area (Å²) >= 11 is 0.587. The highest BCUT2D eigenvalue weighted by Gasteiger charge is 2.38. The van der Waals surface area contributed by atoms with Gasteiger partial charge in [-0.1, -0.05) is 18.2 Å². The number of nitrogens with one attached hydrogen (secondary N) is 1. The molecule has 0 aliphatic heterocycles. The molecule has 2 aromatic rings. The summed E-state index contributed by atoms with van der Waals surface area (Å²) in [7, 11) is 0. The lowest BCUT2D eigenvalue weighted by molar-refractivity contribution is -0.141. The van der Waals surface area contributed by atoms with Crippen LogP contribution in [0.2, 0.25) is 0 Å². The number of thiazole rings is 1. The Hall–Kier alpha value is -1.96. The predicted octanol–water partition coefficient (Wildman–Crippen LogP) is 3.23. The van der Waals surface area contributed by atoms with Gasteiger partial charge in [0.25, 0.3) is 5.91 Å². The molecule has 1 aromatic heterocycles. The highest BCUT2D eigenvalue weighted by atomic mass is 32.1. The number of halogens is 4. The zero-order chi connectivity index (χ0) is 14.8. The molecule has 8 heteroatoms. The molecule has 20 heavy (non-hydrogen) atoms. The summed E-state index contributed by atoms with van der Waals surface area (Å²) in [6, 6.07) is 5.69. The Morgan fingerprint density at radius 1 is 1.30 bits per heavy atom. The van der Waals surface area contributed by atoms with Crippen molar-refractivity contribution in [2.24, 2.45) is 0 Å². The van der Waals surface area contributed by atoms with Crippen molar-refractivity contribution in [1.82, 2.24) is 10.3 Å². The van der Waals surface area contributed by atoms with Gasteiger partial charge in [0.1, 0.15) is 10.7 Å². The van der Waals surface area contributed by atoms with Crippen LogP contribution in [-0.2, 0) is 12.7 Å². The van der Waals surface area contributed by atoms with Gasteiger partial charge in [0.15, 0.2) is 5.69 Å². The topological polar surface area (TPSA) is 42.0 Å². The van der Waals surface area contributed by atoms with Gasteiger partial charge in [-0.3, -0.25) is 4.79 Å². The van der Waals surface area contributed by atoms with E-state index in [0.29, 0.717) is 11.3 Å². The van der Waals surface area contributed by atoms with Crippen LogP contribution >= 0.6 is 11.3 Å². The molecule has 1 heterocycles. The third-order valence-electron chi connectivity index (χ3n) is 2.44. The first-order valence-corrected chi connectivity index (χ1v) is 6.30. The zero-order valence-electron chi connectivity index (χ0n) is 9.87. The minimum atomic E-state index is -4.69. The SMILES string of the molecule is O=C(NCc1ccccc1F)c1scnc1C(F)(F)F. The van der Waals surface area contributed by atoms with Crippen molar-refractivity contribution in [3.8, 4) is 0 Å². The van der Waals surface area contributed by atoms with Crippen LogP contribution in [0, 0.1) is 5.82 Å². The minimum absolute atomic E-state index is 0.193. The van der Waals surface area contributed by atoms with E-state index in [4.69, 9.17) is 0 Å². The summed E-state index contributed by atoms with van der Waals surface area (Å²) in [6.45, 7) is -0.194. The van der Waals surface area contributed by atoms with E-state index in [1.165, 1.54) is 18.2 Å². The van der Waals surface area contributed by atoms with Gasteiger partial charge in [-0.15, -0.1) is 11.3 Å². The molecule has 3 nitrogen and oxygen atoms in total. The molecule has 1 aromatic carbocycles. The lowest BCUT2D eigenvalue weighted by atomic mass is 10.2. The number of benzene rings is 1. The molecular weight excluding hydrogens is 296 g/mol. The smallest absolute Gasteiger partial charge is 0.347 e. The Morgan fingerprint density at radius 3 is 2.65 bits per heavy atom. The fourth-order valence-electron chi connectivity index (χ4n) is 1.51. The highest BCUT2D eigenvalue weighted by Crippen LogP contribution is 2.32. The van der Waals surface area contributed by atoms with Crippen LogP contribution in [-0.4, -0.2) is 10.9 Å². The van der Waals surface area contributed by atoms with E-state index in [1.807, 2.05) is 0 Å². The van der Waals surface area contributed by atoms with Crippen LogP contribution in [0.25, 0.3) is 0 Å². The number of alkyl halides is 3. The fourth-order valence-corrected chi connectivity index (χ4v) is 2.23. The molecular formula is C12H8F4N2OS. The maximum Gasteiger partial charge on any atom is 0.434 e. The molecule has 0 fully saturated rings. The summed E-state index contributed by atoms with van der Waals surface area (Å²) in [6.07, 6.45) is -4.69. The van der Waals surface area contributed by atoms with Gasteiger partial charge in [-0.2, -0.15) is 13.2 Å². The predicted molar refractivity (Wildman–Crippen MR) is 64.7 cm³/mol. The molecule has 0 aliphatic rings. The number of nitrogens with zero attached hydrogens (tertiary/aromatic N) is 1. The average molecular weight is 304 g/mol. The first-order valence-electron chi connectivity index (χ1n) is 5.42. The van der Waals surface area contributed by atoms with Gasteiger partial charge >= 0.3 is 6.18 Å². The van der Waals surface area contributed by atoms with Gasteiger partial charge in [0, 0.05) is 12.1 Å². The Morgan fingerprint density at radius 2 is 2.00 bits per heavy atom. The van der Waals surface area contributed by atoms with Gasteiger partial charge in [0.05, 0.1) is 5.51 Å². The van der Waals surface area contributed by atoms with Gasteiger partial charge < -0.3 is 5.32 Å². The zero-order valence-corrected chi connectivity index (χ0v) is 10.7. The standard InChI is InChI=1S/C12H8F4N2OS/c13-8-4-2-1-3-7(8)5-17-11(19)9-10(12(14,15)16)18-6-20-9/h1-4,6H,5H2,(H,17,19). The van der Waals surface area contributed by atoms with Gasteiger partial charge in [0.2, 0.25) is 0 Å². The van der Waals surface area contributed by atoms with E-state index < -0.39 is 28.5 Å². The van der Waals surface area contributed by atoms with Crippen LogP contribution in [0.4, 0.5) is 17.6 Å². The number of hydrogen-bond donors (Lipinski definition) is 1. The van der Waals surface area contributed by atoms with Crippen molar-refractivity contribution in [2.75, 3.05) is 0 Å². The lowest BCUT2D eigenvalue weighted by Crippen LogP contribution is -2.25. The Balaban J connectivity index is 2.10. The van der Waals surface area contributed by atoms with E-state index in [9.17, 15) is 22.4 Å². The fraction of sp³-hybridized carbons (Fsp3) is 0.167. The number of carbonyl (C=O) groups is 1. The van der Waals surface area contributed by atoms with Crippen molar-refractivity contribution >= 4 is 17.2 Å². The Labute approximate surface area is 115 Å². The molecule has 0 saturated carbocycles. The van der Waals surface area contributed by atoms with Crippen LogP contribution in [0.1, 0.15) is 20.9 Å². The van der Waals surface area contributed by atoms with Gasteiger partial charge in [-0.25, -0.2) is 9.37 Å². The monoisotopic (exact) mass is 304 g/mol. The quantitative estimate of drug-likeness (QED) is 0.885. The van der Waals surface area contributed by atoms with Crippen molar-refractivity contribution in [3.63, 3.8) is 0 Å². The number of aromatic nitrogens is 1. The molecule has 0 saturated heterocycles. The van der Waals surface area contributed by atoms with E-state index in [0.717, 1.165) is 5.51 Å². The lowest BCUT2D eigenvalue weighted by Gasteiger charge is -2.08. The van der Waals surface area contributed by atoms with Crippen LogP contribution in [0.15, 0.2) is 29.8 Å². The normalized spacial score (nSPS) is 11.4. The summed E-state index contributed by atoms with van der Waals surface area (Å²) in [5.41, 5.74) is -0.0895. The van der Waals surface area contributed by atoms with Crippen LogP contribution in [0.5, 0.6) is 0 Å². The Bertz CT molecular complexity index is 624. The Kier molecular flexibility index (Phi) is 4.03.